The summed E-state index contributed by atoms with van der Waals surface area (Å²) in [7, 11) is -2.24. The van der Waals surface area contributed by atoms with E-state index in [-0.39, 0.29) is 16.5 Å². The lowest BCUT2D eigenvalue weighted by molar-refractivity contribution is 0.390. The third kappa shape index (κ3) is 3.43. The summed E-state index contributed by atoms with van der Waals surface area (Å²) < 4.78 is 32.3. The van der Waals surface area contributed by atoms with E-state index in [4.69, 9.17) is 27.6 Å². The number of hydrogen-bond donors (Lipinski definition) is 0. The van der Waals surface area contributed by atoms with E-state index >= 15 is 0 Å². The van der Waals surface area contributed by atoms with Gasteiger partial charge in [0.15, 0.2) is 0 Å². The summed E-state index contributed by atoms with van der Waals surface area (Å²) in [6, 6.07) is 8.14. The first kappa shape index (κ1) is 16.8. The number of furan rings is 1. The van der Waals surface area contributed by atoms with Gasteiger partial charge in [0.1, 0.15) is 16.4 Å². The van der Waals surface area contributed by atoms with Gasteiger partial charge in [-0.2, -0.15) is 4.31 Å². The van der Waals surface area contributed by atoms with Crippen LogP contribution in [0.25, 0.3) is 0 Å². The van der Waals surface area contributed by atoms with E-state index in [0.717, 1.165) is 12.2 Å². The molecule has 1 aromatic carbocycles. The van der Waals surface area contributed by atoms with Gasteiger partial charge in [-0.15, -0.1) is 0 Å². The van der Waals surface area contributed by atoms with Crippen molar-refractivity contribution in [2.24, 2.45) is 5.92 Å². The quantitative estimate of drug-likeness (QED) is 0.773. The van der Waals surface area contributed by atoms with E-state index in [1.54, 1.807) is 6.07 Å². The maximum Gasteiger partial charge on any atom is 0.244 e. The van der Waals surface area contributed by atoms with E-state index in [0.29, 0.717) is 22.6 Å². The fraction of sp³-hybridized carbons (Fsp3) is 0.375. The minimum atomic E-state index is -3.74. The number of benzene rings is 1. The van der Waals surface area contributed by atoms with Crippen LogP contribution >= 0.6 is 23.2 Å². The molecular formula is C16H17Cl2NO3S. The molecule has 1 aliphatic rings. The molecule has 1 saturated carbocycles. The monoisotopic (exact) mass is 373 g/mol. The normalized spacial score (nSPS) is 20.9. The maximum absolute atomic E-state index is 12.7. The molecule has 0 saturated heterocycles. The molecule has 1 fully saturated rings. The molecule has 2 atom stereocenters. The number of rotatable bonds is 5. The minimum Gasteiger partial charge on any atom is -0.464 e. The Labute approximate surface area is 146 Å². The van der Waals surface area contributed by atoms with Crippen molar-refractivity contribution in [3.63, 3.8) is 0 Å². The van der Waals surface area contributed by atoms with Gasteiger partial charge in [-0.05, 0) is 42.7 Å². The largest absolute Gasteiger partial charge is 0.464 e. The Morgan fingerprint density at radius 1 is 1.26 bits per heavy atom. The van der Waals surface area contributed by atoms with Gasteiger partial charge in [0.2, 0.25) is 10.0 Å². The third-order valence-corrected chi connectivity index (χ3v) is 6.64. The Hall–Kier alpha value is -1.01. The van der Waals surface area contributed by atoms with Gasteiger partial charge < -0.3 is 4.42 Å². The molecule has 0 spiro atoms. The Bertz CT molecular complexity index is 832. The topological polar surface area (TPSA) is 50.5 Å². The summed E-state index contributed by atoms with van der Waals surface area (Å²) in [4.78, 5) is -0.00300. The lowest BCUT2D eigenvalue weighted by Crippen LogP contribution is -2.26. The SMILES string of the molecule is C[C@H]1C[C@H]1c1ccc(CN(C)S(=O)(=O)c2cc(Cl)ccc2Cl)o1. The molecule has 0 amide bonds. The molecule has 7 heteroatoms. The first-order valence-corrected chi connectivity index (χ1v) is 9.48. The molecule has 1 heterocycles. The van der Waals surface area contributed by atoms with Crippen molar-refractivity contribution in [2.45, 2.75) is 30.7 Å². The first-order valence-electron chi connectivity index (χ1n) is 7.29. The maximum atomic E-state index is 12.7. The molecule has 2 aromatic rings. The smallest absolute Gasteiger partial charge is 0.244 e. The Kier molecular flexibility index (Phi) is 4.49. The van der Waals surface area contributed by atoms with E-state index in [1.807, 2.05) is 12.1 Å². The molecule has 0 unspecified atom stereocenters. The van der Waals surface area contributed by atoms with Crippen LogP contribution in [0.4, 0.5) is 0 Å². The first-order chi connectivity index (χ1) is 10.8. The highest BCUT2D eigenvalue weighted by atomic mass is 35.5. The summed E-state index contributed by atoms with van der Waals surface area (Å²) in [5.41, 5.74) is 0. The summed E-state index contributed by atoms with van der Waals surface area (Å²) in [6.45, 7) is 2.32. The fourth-order valence-electron chi connectivity index (χ4n) is 2.54. The van der Waals surface area contributed by atoms with Gasteiger partial charge >= 0.3 is 0 Å². The molecule has 23 heavy (non-hydrogen) atoms. The summed E-state index contributed by atoms with van der Waals surface area (Å²) in [5.74, 6) is 2.65. The number of nitrogens with zero attached hydrogens (tertiary/aromatic N) is 1. The highest BCUT2D eigenvalue weighted by Crippen LogP contribution is 2.47. The molecule has 0 radical (unpaired) electrons. The molecule has 3 rings (SSSR count). The zero-order valence-corrected chi connectivity index (χ0v) is 15.1. The summed E-state index contributed by atoms with van der Waals surface area (Å²) >= 11 is 11.9. The van der Waals surface area contributed by atoms with E-state index in [1.165, 1.54) is 23.5 Å². The van der Waals surface area contributed by atoms with E-state index < -0.39 is 10.0 Å². The van der Waals surface area contributed by atoms with Crippen molar-refractivity contribution in [2.75, 3.05) is 7.05 Å². The van der Waals surface area contributed by atoms with Crippen LogP contribution < -0.4 is 0 Å². The van der Waals surface area contributed by atoms with E-state index in [2.05, 4.69) is 6.92 Å². The highest BCUT2D eigenvalue weighted by Gasteiger charge is 2.36. The molecule has 4 nitrogen and oxygen atoms in total. The second-order valence-corrected chi connectivity index (χ2v) is 8.82. The molecule has 0 aliphatic heterocycles. The third-order valence-electron chi connectivity index (χ3n) is 4.12. The predicted octanol–water partition coefficient (Wildman–Crippen LogP) is 4.53. The summed E-state index contributed by atoms with van der Waals surface area (Å²) in [6.07, 6.45) is 1.12. The number of sulfonamides is 1. The van der Waals surface area contributed by atoms with Crippen molar-refractivity contribution in [1.29, 1.82) is 0 Å². The average Bonchev–Trinajstić information content (AvgIpc) is 3.04. The summed E-state index contributed by atoms with van der Waals surface area (Å²) in [5, 5.41) is 0.470. The second kappa shape index (κ2) is 6.13. The van der Waals surface area contributed by atoms with Gasteiger partial charge in [-0.25, -0.2) is 8.42 Å². The van der Waals surface area contributed by atoms with Crippen molar-refractivity contribution in [3.05, 3.63) is 51.9 Å². The van der Waals surface area contributed by atoms with Crippen molar-refractivity contribution >= 4 is 33.2 Å². The fourth-order valence-corrected chi connectivity index (χ4v) is 4.41. The van der Waals surface area contributed by atoms with Crippen molar-refractivity contribution in [1.82, 2.24) is 4.31 Å². The van der Waals surface area contributed by atoms with Crippen LogP contribution in [0, 0.1) is 5.92 Å². The second-order valence-electron chi connectivity index (χ2n) is 5.96. The molecule has 1 aromatic heterocycles. The van der Waals surface area contributed by atoms with Crippen molar-refractivity contribution < 1.29 is 12.8 Å². The molecule has 124 valence electrons. The molecular weight excluding hydrogens is 357 g/mol. The van der Waals surface area contributed by atoms with E-state index in [9.17, 15) is 8.42 Å². The van der Waals surface area contributed by atoms with Gasteiger partial charge in [0.25, 0.3) is 0 Å². The number of halogens is 2. The van der Waals surface area contributed by atoms with Crippen LogP contribution in [0.3, 0.4) is 0 Å². The molecule has 0 N–H and O–H groups in total. The predicted molar refractivity (Wildman–Crippen MR) is 90.3 cm³/mol. The van der Waals surface area contributed by atoms with Crippen LogP contribution in [0.5, 0.6) is 0 Å². The minimum absolute atomic E-state index is 0.00300. The number of hydrogen-bond acceptors (Lipinski definition) is 3. The van der Waals surface area contributed by atoms with Crippen LogP contribution in [0.15, 0.2) is 39.6 Å². The van der Waals surface area contributed by atoms with Gasteiger partial charge in [-0.1, -0.05) is 30.1 Å². The van der Waals surface area contributed by atoms with Crippen LogP contribution in [0.2, 0.25) is 10.0 Å². The Morgan fingerprint density at radius 3 is 2.61 bits per heavy atom. The standard InChI is InChI=1S/C16H17Cl2NO3S/c1-10-7-13(10)15-6-4-12(22-15)9-19(2)23(20,21)16-8-11(17)3-5-14(16)18/h3-6,8,10,13H,7,9H2,1-2H3/t10-,13+/m0/s1. The molecule has 1 aliphatic carbocycles. The van der Waals surface area contributed by atoms with Gasteiger partial charge in [-0.3, -0.25) is 0 Å². The van der Waals surface area contributed by atoms with Gasteiger partial charge in [0, 0.05) is 18.0 Å². The van der Waals surface area contributed by atoms with Crippen LogP contribution in [0.1, 0.15) is 30.8 Å². The van der Waals surface area contributed by atoms with Crippen molar-refractivity contribution in [3.8, 4) is 0 Å². The Morgan fingerprint density at radius 2 is 1.96 bits per heavy atom. The zero-order valence-electron chi connectivity index (χ0n) is 12.8. The lowest BCUT2D eigenvalue weighted by Gasteiger charge is -2.17. The zero-order chi connectivity index (χ0) is 16.8. The van der Waals surface area contributed by atoms with Crippen LogP contribution in [-0.2, 0) is 16.6 Å². The highest BCUT2D eigenvalue weighted by molar-refractivity contribution is 7.89. The molecule has 0 bridgehead atoms. The van der Waals surface area contributed by atoms with Gasteiger partial charge in [0.05, 0.1) is 11.6 Å². The Balaban J connectivity index is 1.80. The van der Waals surface area contributed by atoms with Crippen LogP contribution in [-0.4, -0.2) is 19.8 Å². The average molecular weight is 374 g/mol. The lowest BCUT2D eigenvalue weighted by atomic mass is 10.3.